The number of rotatable bonds is 2. The Morgan fingerprint density at radius 3 is 1.09 bits per heavy atom. The topological polar surface area (TPSA) is 92.5 Å². The third kappa shape index (κ3) is 95.4. The van der Waals surface area contributed by atoms with Gasteiger partial charge in [-0.05, 0) is 0 Å². The molecule has 7 heteroatoms. The average Bonchev–Trinajstić information content (AvgIpc) is 2.06. The summed E-state index contributed by atoms with van der Waals surface area (Å²) in [6.07, 6.45) is 0. The van der Waals surface area contributed by atoms with Gasteiger partial charge in [0.15, 0.2) is 0 Å². The van der Waals surface area contributed by atoms with Gasteiger partial charge in [-0.1, -0.05) is 0 Å². The summed E-state index contributed by atoms with van der Waals surface area (Å²) in [5, 5.41) is 15.5. The van der Waals surface area contributed by atoms with Crippen molar-refractivity contribution in [3.8, 4) is 0 Å². The second kappa shape index (κ2) is 30.4. The SMILES string of the molecule is NCCO.NCCO.[Cl][Pt][Cl]. The van der Waals surface area contributed by atoms with Crippen LogP contribution in [0.25, 0.3) is 0 Å². The average molecular weight is 388 g/mol. The van der Waals surface area contributed by atoms with Crippen LogP contribution in [0.15, 0.2) is 0 Å². The van der Waals surface area contributed by atoms with E-state index < -0.39 is 16.5 Å². The predicted octanol–water partition coefficient (Wildman–Crippen LogP) is -0.749. The third-order valence-electron chi connectivity index (χ3n) is 0.258. The van der Waals surface area contributed by atoms with E-state index in [0.29, 0.717) is 13.1 Å². The Hall–Kier alpha value is 1.11. The van der Waals surface area contributed by atoms with Crippen LogP contribution < -0.4 is 11.5 Å². The fourth-order valence-corrected chi connectivity index (χ4v) is 0. The quantitative estimate of drug-likeness (QED) is 0.501. The Morgan fingerprint density at radius 1 is 1.00 bits per heavy atom. The molecule has 0 saturated carbocycles. The van der Waals surface area contributed by atoms with Crippen molar-refractivity contribution in [2.24, 2.45) is 11.5 Å². The molecule has 0 amide bonds. The molecule has 0 aliphatic rings. The first-order valence-electron chi connectivity index (χ1n) is 2.69. The Morgan fingerprint density at radius 2 is 1.09 bits per heavy atom. The zero-order chi connectivity index (χ0) is 9.54. The van der Waals surface area contributed by atoms with Gasteiger partial charge in [0, 0.05) is 13.1 Å². The monoisotopic (exact) mass is 387 g/mol. The first kappa shape index (κ1) is 18.0. The van der Waals surface area contributed by atoms with Crippen LogP contribution in [0.1, 0.15) is 0 Å². The van der Waals surface area contributed by atoms with Gasteiger partial charge in [0.1, 0.15) is 0 Å². The molecule has 0 unspecified atom stereocenters. The van der Waals surface area contributed by atoms with Crippen molar-refractivity contribution in [2.45, 2.75) is 0 Å². The minimum atomic E-state index is -0.472. The summed E-state index contributed by atoms with van der Waals surface area (Å²) in [4.78, 5) is 0. The van der Waals surface area contributed by atoms with Crippen LogP contribution >= 0.6 is 18.8 Å². The number of aliphatic hydroxyl groups is 2. The summed E-state index contributed by atoms with van der Waals surface area (Å²) in [7, 11) is 9.75. The summed E-state index contributed by atoms with van der Waals surface area (Å²) < 4.78 is 0. The van der Waals surface area contributed by atoms with Gasteiger partial charge in [-0.15, -0.1) is 0 Å². The molecule has 0 aromatic carbocycles. The summed E-state index contributed by atoms with van der Waals surface area (Å²) >= 11 is -0.472. The second-order valence-corrected chi connectivity index (χ2v) is 4.35. The maximum absolute atomic E-state index is 7.75. The van der Waals surface area contributed by atoms with Gasteiger partial charge in [0.2, 0.25) is 0 Å². The summed E-state index contributed by atoms with van der Waals surface area (Å²) in [6, 6.07) is 0. The molecule has 0 saturated heterocycles. The zero-order valence-corrected chi connectivity index (χ0v) is 9.73. The van der Waals surface area contributed by atoms with E-state index in [4.69, 9.17) is 40.5 Å². The Kier molecular flexibility index (Phi) is 49.8. The second-order valence-electron chi connectivity index (χ2n) is 1.07. The third-order valence-corrected chi connectivity index (χ3v) is 0.258. The van der Waals surface area contributed by atoms with Gasteiger partial charge in [-0.2, -0.15) is 0 Å². The number of hydrogen-bond donors (Lipinski definition) is 4. The van der Waals surface area contributed by atoms with Crippen LogP contribution in [-0.2, 0) is 16.5 Å². The molecule has 0 rings (SSSR count). The van der Waals surface area contributed by atoms with E-state index in [1.807, 2.05) is 0 Å². The number of hydrogen-bond acceptors (Lipinski definition) is 4. The van der Waals surface area contributed by atoms with Crippen LogP contribution in [0.3, 0.4) is 0 Å². The van der Waals surface area contributed by atoms with Crippen molar-refractivity contribution in [3.63, 3.8) is 0 Å². The van der Waals surface area contributed by atoms with Crippen LogP contribution in [0.2, 0.25) is 0 Å². The molecule has 76 valence electrons. The van der Waals surface area contributed by atoms with E-state index in [1.54, 1.807) is 0 Å². The normalized spacial score (nSPS) is 7.45. The molecule has 0 spiro atoms. The fraction of sp³-hybridized carbons (Fsp3) is 1.00. The van der Waals surface area contributed by atoms with Gasteiger partial charge in [-0.25, -0.2) is 0 Å². The van der Waals surface area contributed by atoms with Crippen molar-refractivity contribution in [3.05, 3.63) is 0 Å². The molecule has 0 aromatic heterocycles. The van der Waals surface area contributed by atoms with Crippen molar-refractivity contribution in [1.29, 1.82) is 0 Å². The van der Waals surface area contributed by atoms with Crippen LogP contribution in [-0.4, -0.2) is 36.5 Å². The van der Waals surface area contributed by atoms with E-state index in [-0.39, 0.29) is 13.2 Å². The molecular formula is C4H14Cl2N2O2Pt. The molecule has 4 nitrogen and oxygen atoms in total. The van der Waals surface area contributed by atoms with E-state index in [0.717, 1.165) is 0 Å². The van der Waals surface area contributed by atoms with Crippen molar-refractivity contribution < 1.29 is 26.7 Å². The predicted molar refractivity (Wildman–Crippen MR) is 44.0 cm³/mol. The van der Waals surface area contributed by atoms with Crippen molar-refractivity contribution in [2.75, 3.05) is 26.3 Å². The number of aliphatic hydroxyl groups excluding tert-OH is 2. The summed E-state index contributed by atoms with van der Waals surface area (Å²) in [6.45, 7) is 0.944. The first-order chi connectivity index (χ1) is 5.24. The molecule has 0 bridgehead atoms. The Labute approximate surface area is 83.2 Å². The van der Waals surface area contributed by atoms with E-state index in [2.05, 4.69) is 0 Å². The fourth-order valence-electron chi connectivity index (χ4n) is 0. The molecule has 0 aliphatic heterocycles. The van der Waals surface area contributed by atoms with Crippen molar-refractivity contribution >= 4 is 18.8 Å². The molecule has 0 radical (unpaired) electrons. The summed E-state index contributed by atoms with van der Waals surface area (Å²) in [5.41, 5.74) is 9.56. The minimum absolute atomic E-state index is 0.0972. The van der Waals surface area contributed by atoms with E-state index >= 15 is 0 Å². The molecule has 0 fully saturated rings. The molecule has 0 atom stereocenters. The first-order valence-corrected chi connectivity index (χ1v) is 8.32. The molecule has 0 heterocycles. The van der Waals surface area contributed by atoms with Gasteiger partial charge >= 0.3 is 35.3 Å². The summed E-state index contributed by atoms with van der Waals surface area (Å²) in [5.74, 6) is 0. The standard InChI is InChI=1S/2C2H7NO.2ClH.Pt/c2*3-1-2-4;;;/h2*4H,1-3H2;2*1H;/q;;;;+2/p-2. The maximum atomic E-state index is 7.75. The van der Waals surface area contributed by atoms with Crippen molar-refractivity contribution in [1.82, 2.24) is 0 Å². The number of halogens is 2. The molecular weight excluding hydrogens is 374 g/mol. The Bertz CT molecular complexity index is 39.3. The molecule has 11 heavy (non-hydrogen) atoms. The van der Waals surface area contributed by atoms with Crippen LogP contribution in [0, 0.1) is 0 Å². The van der Waals surface area contributed by atoms with E-state index in [1.165, 1.54) is 0 Å². The van der Waals surface area contributed by atoms with Gasteiger partial charge in [0.05, 0.1) is 13.2 Å². The molecule has 6 N–H and O–H groups in total. The Balaban J connectivity index is -0.0000000886. The van der Waals surface area contributed by atoms with E-state index in [9.17, 15) is 0 Å². The van der Waals surface area contributed by atoms with Gasteiger partial charge in [0.25, 0.3) is 0 Å². The van der Waals surface area contributed by atoms with Crippen LogP contribution in [0.4, 0.5) is 0 Å². The zero-order valence-electron chi connectivity index (χ0n) is 5.95. The molecule has 0 aliphatic carbocycles. The van der Waals surface area contributed by atoms with Gasteiger partial charge in [-0.3, -0.25) is 0 Å². The van der Waals surface area contributed by atoms with Crippen LogP contribution in [0.5, 0.6) is 0 Å². The molecule has 0 aromatic rings. The number of nitrogens with two attached hydrogens (primary N) is 2. The van der Waals surface area contributed by atoms with Gasteiger partial charge < -0.3 is 21.7 Å².